The molecule has 1 heterocycles. The summed E-state index contributed by atoms with van der Waals surface area (Å²) in [7, 11) is 2.82. The van der Waals surface area contributed by atoms with Gasteiger partial charge < -0.3 is 20.1 Å². The summed E-state index contributed by atoms with van der Waals surface area (Å²) < 4.78 is 22.9. The van der Waals surface area contributed by atoms with Crippen molar-refractivity contribution in [3.05, 3.63) is 36.3 Å². The molecule has 21 heavy (non-hydrogen) atoms. The number of aromatic nitrogens is 2. The molecule has 8 heteroatoms. The molecule has 0 fully saturated rings. The Kier molecular flexibility index (Phi) is 4.50. The van der Waals surface area contributed by atoms with Crippen LogP contribution in [0.4, 0.5) is 20.6 Å². The van der Waals surface area contributed by atoms with E-state index in [4.69, 9.17) is 9.47 Å². The van der Waals surface area contributed by atoms with Crippen LogP contribution in [0.3, 0.4) is 0 Å². The predicted octanol–water partition coefficient (Wildman–Crippen LogP) is 2.28. The second kappa shape index (κ2) is 6.51. The molecular weight excluding hydrogens is 279 g/mol. The van der Waals surface area contributed by atoms with Crippen LogP contribution in [0.25, 0.3) is 0 Å². The number of amides is 2. The number of carbonyl (C=O) groups is 1. The number of halogens is 1. The van der Waals surface area contributed by atoms with Crippen LogP contribution in [0.15, 0.2) is 30.5 Å². The molecule has 2 aromatic rings. The number of benzene rings is 1. The predicted molar refractivity (Wildman–Crippen MR) is 74.2 cm³/mol. The van der Waals surface area contributed by atoms with Gasteiger partial charge in [-0.25, -0.2) is 14.2 Å². The smallest absolute Gasteiger partial charge is 0.323 e. The lowest BCUT2D eigenvalue weighted by atomic mass is 10.3. The van der Waals surface area contributed by atoms with Gasteiger partial charge in [-0.15, -0.1) is 0 Å². The van der Waals surface area contributed by atoms with E-state index in [0.717, 1.165) is 0 Å². The summed E-state index contributed by atoms with van der Waals surface area (Å²) in [6.45, 7) is 0. The van der Waals surface area contributed by atoms with Crippen molar-refractivity contribution in [3.8, 4) is 11.9 Å². The van der Waals surface area contributed by atoms with Gasteiger partial charge in [0.2, 0.25) is 5.88 Å². The maximum Gasteiger partial charge on any atom is 0.323 e. The molecule has 2 rings (SSSR count). The monoisotopic (exact) mass is 292 g/mol. The molecule has 0 saturated heterocycles. The maximum atomic E-state index is 13.0. The number of carbonyl (C=O) groups excluding carboxylic acids is 1. The van der Waals surface area contributed by atoms with E-state index in [2.05, 4.69) is 20.6 Å². The molecule has 0 bridgehead atoms. The van der Waals surface area contributed by atoms with Gasteiger partial charge in [-0.05, 0) is 18.2 Å². The largest absolute Gasteiger partial charge is 0.479 e. The SMILES string of the molecule is COc1ncc(NC(=O)Nc2cccc(F)c2)c(OC)n1. The maximum absolute atomic E-state index is 13.0. The first kappa shape index (κ1) is 14.5. The lowest BCUT2D eigenvalue weighted by molar-refractivity contribution is 0.262. The molecular formula is C13H13FN4O3. The van der Waals surface area contributed by atoms with Crippen molar-refractivity contribution in [1.82, 2.24) is 9.97 Å². The summed E-state index contributed by atoms with van der Waals surface area (Å²) in [5.41, 5.74) is 0.577. The van der Waals surface area contributed by atoms with Crippen molar-refractivity contribution in [1.29, 1.82) is 0 Å². The van der Waals surface area contributed by atoms with Crippen molar-refractivity contribution in [2.75, 3.05) is 24.9 Å². The number of hydrogen-bond donors (Lipinski definition) is 2. The first-order chi connectivity index (χ1) is 10.1. The van der Waals surface area contributed by atoms with Gasteiger partial charge in [-0.1, -0.05) is 6.07 Å². The summed E-state index contributed by atoms with van der Waals surface area (Å²) in [6, 6.07) is 5.06. The molecule has 0 saturated carbocycles. The van der Waals surface area contributed by atoms with Crippen LogP contribution in [0, 0.1) is 5.82 Å². The summed E-state index contributed by atoms with van der Waals surface area (Å²) >= 11 is 0. The quantitative estimate of drug-likeness (QED) is 0.903. The van der Waals surface area contributed by atoms with E-state index in [-0.39, 0.29) is 17.6 Å². The van der Waals surface area contributed by atoms with Crippen LogP contribution in [0.1, 0.15) is 0 Å². The number of ether oxygens (including phenoxy) is 2. The van der Waals surface area contributed by atoms with E-state index in [1.807, 2.05) is 0 Å². The normalized spacial score (nSPS) is 9.86. The minimum Gasteiger partial charge on any atom is -0.479 e. The first-order valence-electron chi connectivity index (χ1n) is 5.91. The van der Waals surface area contributed by atoms with Crippen molar-refractivity contribution in [2.45, 2.75) is 0 Å². The summed E-state index contributed by atoms with van der Waals surface area (Å²) in [6.07, 6.45) is 1.34. The molecule has 1 aromatic carbocycles. The lowest BCUT2D eigenvalue weighted by Crippen LogP contribution is -2.20. The minimum atomic E-state index is -0.576. The number of nitrogens with one attached hydrogen (secondary N) is 2. The minimum absolute atomic E-state index is 0.114. The molecule has 7 nitrogen and oxygen atoms in total. The molecule has 0 aliphatic heterocycles. The van der Waals surface area contributed by atoms with E-state index >= 15 is 0 Å². The second-order valence-corrected chi connectivity index (χ2v) is 3.87. The van der Waals surface area contributed by atoms with Gasteiger partial charge in [0.25, 0.3) is 0 Å². The van der Waals surface area contributed by atoms with Crippen LogP contribution in [0.5, 0.6) is 11.9 Å². The molecule has 1 aromatic heterocycles. The molecule has 0 aliphatic rings. The average molecular weight is 292 g/mol. The Morgan fingerprint density at radius 2 is 2.05 bits per heavy atom. The third-order valence-corrected chi connectivity index (χ3v) is 2.44. The average Bonchev–Trinajstić information content (AvgIpc) is 2.47. The van der Waals surface area contributed by atoms with Crippen LogP contribution < -0.4 is 20.1 Å². The fourth-order valence-corrected chi connectivity index (χ4v) is 1.54. The van der Waals surface area contributed by atoms with Crippen LogP contribution in [0.2, 0.25) is 0 Å². The van der Waals surface area contributed by atoms with Gasteiger partial charge in [0.05, 0.1) is 20.4 Å². The fourth-order valence-electron chi connectivity index (χ4n) is 1.54. The Hall–Kier alpha value is -2.90. The van der Waals surface area contributed by atoms with Gasteiger partial charge in [0.15, 0.2) is 0 Å². The Balaban J connectivity index is 2.09. The molecule has 2 amide bonds. The van der Waals surface area contributed by atoms with Crippen LogP contribution in [-0.4, -0.2) is 30.2 Å². The van der Waals surface area contributed by atoms with Gasteiger partial charge >= 0.3 is 12.0 Å². The highest BCUT2D eigenvalue weighted by atomic mass is 19.1. The number of nitrogens with zero attached hydrogens (tertiary/aromatic N) is 2. The Morgan fingerprint density at radius 1 is 1.24 bits per heavy atom. The van der Waals surface area contributed by atoms with E-state index in [1.54, 1.807) is 6.07 Å². The summed E-state index contributed by atoms with van der Waals surface area (Å²) in [5, 5.41) is 4.98. The van der Waals surface area contributed by atoms with Crippen LogP contribution >= 0.6 is 0 Å². The Labute approximate surface area is 120 Å². The lowest BCUT2D eigenvalue weighted by Gasteiger charge is -2.10. The zero-order valence-electron chi connectivity index (χ0n) is 11.4. The zero-order chi connectivity index (χ0) is 15.2. The molecule has 0 aliphatic carbocycles. The fraction of sp³-hybridized carbons (Fsp3) is 0.154. The van der Waals surface area contributed by atoms with Crippen molar-refractivity contribution >= 4 is 17.4 Å². The standard InChI is InChI=1S/C13H13FN4O3/c1-20-11-10(7-15-13(18-11)21-2)17-12(19)16-9-5-3-4-8(14)6-9/h3-7H,1-2H3,(H2,16,17,19). The topological polar surface area (TPSA) is 85.4 Å². The number of hydrogen-bond acceptors (Lipinski definition) is 5. The zero-order valence-corrected chi connectivity index (χ0v) is 11.4. The van der Waals surface area contributed by atoms with Crippen LogP contribution in [-0.2, 0) is 0 Å². The van der Waals surface area contributed by atoms with E-state index < -0.39 is 11.8 Å². The molecule has 0 spiro atoms. The van der Waals surface area contributed by atoms with E-state index in [1.165, 1.54) is 38.6 Å². The van der Waals surface area contributed by atoms with E-state index in [0.29, 0.717) is 5.69 Å². The highest BCUT2D eigenvalue weighted by molar-refractivity contribution is 6.00. The summed E-state index contributed by atoms with van der Waals surface area (Å²) in [5.74, 6) is -0.297. The Morgan fingerprint density at radius 3 is 2.71 bits per heavy atom. The number of methoxy groups -OCH3 is 2. The van der Waals surface area contributed by atoms with E-state index in [9.17, 15) is 9.18 Å². The highest BCUT2D eigenvalue weighted by Crippen LogP contribution is 2.22. The molecule has 0 unspecified atom stereocenters. The molecule has 2 N–H and O–H groups in total. The summed E-state index contributed by atoms with van der Waals surface area (Å²) in [4.78, 5) is 19.6. The third kappa shape index (κ3) is 3.78. The van der Waals surface area contributed by atoms with Gasteiger partial charge in [-0.2, -0.15) is 4.98 Å². The molecule has 110 valence electrons. The number of rotatable bonds is 4. The number of urea groups is 1. The van der Waals surface area contributed by atoms with Gasteiger partial charge in [0.1, 0.15) is 11.5 Å². The van der Waals surface area contributed by atoms with Crippen molar-refractivity contribution in [2.24, 2.45) is 0 Å². The van der Waals surface area contributed by atoms with Gasteiger partial charge in [-0.3, -0.25) is 0 Å². The first-order valence-corrected chi connectivity index (χ1v) is 5.91. The highest BCUT2D eigenvalue weighted by Gasteiger charge is 2.11. The van der Waals surface area contributed by atoms with Crippen molar-refractivity contribution < 1.29 is 18.7 Å². The number of anilines is 2. The Bertz CT molecular complexity index is 651. The van der Waals surface area contributed by atoms with Gasteiger partial charge in [0, 0.05) is 5.69 Å². The second-order valence-electron chi connectivity index (χ2n) is 3.87. The third-order valence-electron chi connectivity index (χ3n) is 2.44. The van der Waals surface area contributed by atoms with Crippen molar-refractivity contribution in [3.63, 3.8) is 0 Å². The molecule has 0 atom stereocenters. The molecule has 0 radical (unpaired) electrons.